The summed E-state index contributed by atoms with van der Waals surface area (Å²) in [7, 11) is 1.63. The molecule has 1 heterocycles. The van der Waals surface area contributed by atoms with E-state index in [1.807, 2.05) is 18.2 Å². The van der Waals surface area contributed by atoms with Crippen molar-refractivity contribution in [3.05, 3.63) is 23.9 Å². The number of carbonyl (C=O) groups excluding carboxylic acids is 2. The summed E-state index contributed by atoms with van der Waals surface area (Å²) in [6.45, 7) is 0. The highest BCUT2D eigenvalue weighted by Gasteiger charge is 2.40. The SMILES string of the molecule is COC1C=C(N2C(=O)NC(CC3CCCCC3)C2=O)C=CC1. The zero-order valence-electron chi connectivity index (χ0n) is 13.1. The van der Waals surface area contributed by atoms with Crippen molar-refractivity contribution in [3.63, 3.8) is 0 Å². The lowest BCUT2D eigenvalue weighted by atomic mass is 9.85. The molecule has 3 amide bonds. The molecule has 0 radical (unpaired) electrons. The number of rotatable bonds is 4. The molecule has 0 aromatic rings. The van der Waals surface area contributed by atoms with Gasteiger partial charge in [-0.15, -0.1) is 0 Å². The smallest absolute Gasteiger partial charge is 0.329 e. The Kier molecular flexibility index (Phi) is 4.62. The molecular weight excluding hydrogens is 280 g/mol. The topological polar surface area (TPSA) is 58.6 Å². The van der Waals surface area contributed by atoms with Gasteiger partial charge in [-0.3, -0.25) is 4.79 Å². The van der Waals surface area contributed by atoms with Crippen LogP contribution in [0.4, 0.5) is 4.79 Å². The maximum atomic E-state index is 12.6. The summed E-state index contributed by atoms with van der Waals surface area (Å²) in [5.74, 6) is 0.439. The average Bonchev–Trinajstić information content (AvgIpc) is 2.82. The Bertz CT molecular complexity index is 506. The minimum atomic E-state index is -0.368. The lowest BCUT2D eigenvalue weighted by Gasteiger charge is -2.24. The highest BCUT2D eigenvalue weighted by molar-refractivity contribution is 6.06. The maximum absolute atomic E-state index is 12.6. The molecule has 1 saturated carbocycles. The van der Waals surface area contributed by atoms with Gasteiger partial charge in [0.15, 0.2) is 0 Å². The molecule has 2 atom stereocenters. The molecule has 1 saturated heterocycles. The van der Waals surface area contributed by atoms with Crippen molar-refractivity contribution in [2.24, 2.45) is 5.92 Å². The Balaban J connectivity index is 1.68. The second-order valence-electron chi connectivity index (χ2n) is 6.42. The Morgan fingerprint density at radius 2 is 2.05 bits per heavy atom. The third-order valence-corrected chi connectivity index (χ3v) is 4.89. The van der Waals surface area contributed by atoms with Gasteiger partial charge in [0.05, 0.1) is 11.8 Å². The molecule has 120 valence electrons. The van der Waals surface area contributed by atoms with Crippen molar-refractivity contribution in [1.82, 2.24) is 10.2 Å². The molecule has 5 heteroatoms. The summed E-state index contributed by atoms with van der Waals surface area (Å²) in [6, 6.07) is -0.675. The fourth-order valence-corrected chi connectivity index (χ4v) is 3.64. The van der Waals surface area contributed by atoms with Gasteiger partial charge >= 0.3 is 6.03 Å². The molecule has 3 rings (SSSR count). The number of hydrogen-bond donors (Lipinski definition) is 1. The van der Waals surface area contributed by atoms with Crippen LogP contribution in [0.3, 0.4) is 0 Å². The third kappa shape index (κ3) is 3.09. The number of methoxy groups -OCH3 is 1. The summed E-state index contributed by atoms with van der Waals surface area (Å²) >= 11 is 0. The van der Waals surface area contributed by atoms with E-state index < -0.39 is 0 Å². The van der Waals surface area contributed by atoms with Crippen LogP contribution < -0.4 is 5.32 Å². The highest BCUT2D eigenvalue weighted by atomic mass is 16.5. The van der Waals surface area contributed by atoms with Crippen LogP contribution in [0, 0.1) is 5.92 Å². The van der Waals surface area contributed by atoms with Gasteiger partial charge in [0.25, 0.3) is 5.91 Å². The summed E-state index contributed by atoms with van der Waals surface area (Å²) in [5, 5.41) is 2.85. The van der Waals surface area contributed by atoms with Crippen LogP contribution in [0.25, 0.3) is 0 Å². The van der Waals surface area contributed by atoms with Gasteiger partial charge < -0.3 is 10.1 Å². The molecule has 1 N–H and O–H groups in total. The van der Waals surface area contributed by atoms with E-state index in [9.17, 15) is 9.59 Å². The Morgan fingerprint density at radius 3 is 2.77 bits per heavy atom. The third-order valence-electron chi connectivity index (χ3n) is 4.89. The van der Waals surface area contributed by atoms with Crippen molar-refractivity contribution in [2.75, 3.05) is 7.11 Å². The van der Waals surface area contributed by atoms with Crippen molar-refractivity contribution >= 4 is 11.9 Å². The molecule has 0 aromatic carbocycles. The van der Waals surface area contributed by atoms with Gasteiger partial charge in [0, 0.05) is 7.11 Å². The van der Waals surface area contributed by atoms with E-state index in [0.29, 0.717) is 11.6 Å². The number of allylic oxidation sites excluding steroid dienone is 1. The van der Waals surface area contributed by atoms with Crippen LogP contribution in [0.5, 0.6) is 0 Å². The fraction of sp³-hybridized carbons (Fsp3) is 0.647. The number of imide groups is 1. The van der Waals surface area contributed by atoms with Gasteiger partial charge in [-0.2, -0.15) is 0 Å². The number of nitrogens with zero attached hydrogens (tertiary/aromatic N) is 1. The zero-order chi connectivity index (χ0) is 15.5. The second kappa shape index (κ2) is 6.65. The molecule has 0 aromatic heterocycles. The highest BCUT2D eigenvalue weighted by Crippen LogP contribution is 2.30. The molecule has 0 bridgehead atoms. The first kappa shape index (κ1) is 15.3. The maximum Gasteiger partial charge on any atom is 0.329 e. The van der Waals surface area contributed by atoms with Crippen LogP contribution in [0.2, 0.25) is 0 Å². The molecule has 0 spiro atoms. The standard InChI is InChI=1S/C17H24N2O3/c1-22-14-9-5-8-13(11-14)19-16(20)15(18-17(19)21)10-12-6-3-2-4-7-12/h5,8,11-12,14-15H,2-4,6-7,9-10H2,1H3,(H,18,21). The van der Waals surface area contributed by atoms with Crippen LogP contribution >= 0.6 is 0 Å². The first-order chi connectivity index (χ1) is 10.7. The summed E-state index contributed by atoms with van der Waals surface area (Å²) in [6.07, 6.45) is 13.2. The summed E-state index contributed by atoms with van der Waals surface area (Å²) in [5.41, 5.74) is 0.631. The van der Waals surface area contributed by atoms with Crippen LogP contribution in [0.1, 0.15) is 44.9 Å². The van der Waals surface area contributed by atoms with E-state index in [1.165, 1.54) is 37.0 Å². The summed E-state index contributed by atoms with van der Waals surface area (Å²) < 4.78 is 5.30. The van der Waals surface area contributed by atoms with Crippen LogP contribution in [0.15, 0.2) is 23.9 Å². The van der Waals surface area contributed by atoms with Gasteiger partial charge in [0.2, 0.25) is 0 Å². The van der Waals surface area contributed by atoms with Gasteiger partial charge in [-0.05, 0) is 30.9 Å². The Labute approximate surface area is 131 Å². The van der Waals surface area contributed by atoms with Crippen molar-refractivity contribution in [2.45, 2.75) is 57.1 Å². The minimum absolute atomic E-state index is 0.0713. The van der Waals surface area contributed by atoms with Crippen molar-refractivity contribution in [1.29, 1.82) is 0 Å². The first-order valence-corrected chi connectivity index (χ1v) is 8.24. The number of urea groups is 1. The van der Waals surface area contributed by atoms with E-state index in [4.69, 9.17) is 4.74 Å². The number of carbonyl (C=O) groups is 2. The minimum Gasteiger partial charge on any atom is -0.377 e. The normalized spacial score (nSPS) is 29.7. The molecule has 2 aliphatic carbocycles. The van der Waals surface area contributed by atoms with Crippen molar-refractivity contribution < 1.29 is 14.3 Å². The molecule has 3 aliphatic rings. The lowest BCUT2D eigenvalue weighted by Crippen LogP contribution is -2.33. The first-order valence-electron chi connectivity index (χ1n) is 8.24. The fourth-order valence-electron chi connectivity index (χ4n) is 3.64. The predicted molar refractivity (Wildman–Crippen MR) is 83.0 cm³/mol. The zero-order valence-corrected chi connectivity index (χ0v) is 13.1. The Morgan fingerprint density at radius 1 is 1.27 bits per heavy atom. The average molecular weight is 304 g/mol. The van der Waals surface area contributed by atoms with Crippen molar-refractivity contribution in [3.8, 4) is 0 Å². The van der Waals surface area contributed by atoms with Crippen LogP contribution in [-0.4, -0.2) is 36.1 Å². The number of nitrogens with one attached hydrogen (secondary N) is 1. The van der Waals surface area contributed by atoms with Gasteiger partial charge in [0.1, 0.15) is 6.04 Å². The quantitative estimate of drug-likeness (QED) is 0.812. The molecular formula is C17H24N2O3. The van der Waals surface area contributed by atoms with Gasteiger partial charge in [-0.25, -0.2) is 9.69 Å². The van der Waals surface area contributed by atoms with Crippen LogP contribution in [-0.2, 0) is 9.53 Å². The Hall–Kier alpha value is -1.62. The molecule has 22 heavy (non-hydrogen) atoms. The summed E-state index contributed by atoms with van der Waals surface area (Å²) in [4.78, 5) is 26.1. The predicted octanol–water partition coefficient (Wildman–Crippen LogP) is 2.74. The van der Waals surface area contributed by atoms with Gasteiger partial charge in [-0.1, -0.05) is 38.2 Å². The largest absolute Gasteiger partial charge is 0.377 e. The van der Waals surface area contributed by atoms with E-state index in [1.54, 1.807) is 7.11 Å². The number of amides is 3. The number of ether oxygens (including phenoxy) is 1. The van der Waals surface area contributed by atoms with E-state index in [2.05, 4.69) is 5.32 Å². The second-order valence-corrected chi connectivity index (χ2v) is 6.42. The monoisotopic (exact) mass is 304 g/mol. The van der Waals surface area contributed by atoms with E-state index in [0.717, 1.165) is 12.8 Å². The molecule has 2 fully saturated rings. The van der Waals surface area contributed by atoms with E-state index in [-0.39, 0.29) is 24.1 Å². The molecule has 1 aliphatic heterocycles. The van der Waals surface area contributed by atoms with E-state index >= 15 is 0 Å². The lowest BCUT2D eigenvalue weighted by molar-refractivity contribution is -0.126. The molecule has 2 unspecified atom stereocenters. The molecule has 5 nitrogen and oxygen atoms in total. The number of hydrogen-bond acceptors (Lipinski definition) is 3.